The fraction of sp³-hybridized carbons (Fsp3) is 0.429. The zero-order chi connectivity index (χ0) is 14.9. The van der Waals surface area contributed by atoms with Gasteiger partial charge in [0.2, 0.25) is 0 Å². The predicted octanol–water partition coefficient (Wildman–Crippen LogP) is 3.54. The Morgan fingerprint density at radius 1 is 1.35 bits per heavy atom. The van der Waals surface area contributed by atoms with Crippen LogP contribution in [0.1, 0.15) is 30.1 Å². The van der Waals surface area contributed by atoms with Gasteiger partial charge in [-0.3, -0.25) is 9.59 Å². The van der Waals surface area contributed by atoms with Crippen LogP contribution in [0.5, 0.6) is 0 Å². The molecule has 1 amide bonds. The Morgan fingerprint density at radius 2 is 2.05 bits per heavy atom. The Hall–Kier alpha value is -0.880. The average molecular weight is 405 g/mol. The Kier molecular flexibility index (Phi) is 4.86. The number of aliphatic carboxylic acids is 1. The summed E-state index contributed by atoms with van der Waals surface area (Å²) in [4.78, 5) is 25.4. The molecule has 1 saturated heterocycles. The largest absolute Gasteiger partial charge is 0.481 e. The van der Waals surface area contributed by atoms with Crippen molar-refractivity contribution in [3.8, 4) is 0 Å². The highest BCUT2D eigenvalue weighted by atomic mass is 79.9. The van der Waals surface area contributed by atoms with Crippen molar-refractivity contribution in [2.24, 2.45) is 5.92 Å². The van der Waals surface area contributed by atoms with E-state index in [0.717, 1.165) is 8.95 Å². The van der Waals surface area contributed by atoms with Crippen molar-refractivity contribution in [1.82, 2.24) is 4.90 Å². The topological polar surface area (TPSA) is 57.6 Å². The van der Waals surface area contributed by atoms with Crippen LogP contribution in [-0.2, 0) is 4.79 Å². The molecule has 2 rings (SSSR count). The fourth-order valence-corrected chi connectivity index (χ4v) is 3.29. The van der Waals surface area contributed by atoms with Gasteiger partial charge in [0, 0.05) is 21.5 Å². The number of amides is 1. The molecule has 1 fully saturated rings. The molecule has 0 spiro atoms. The summed E-state index contributed by atoms with van der Waals surface area (Å²) in [5.74, 6) is -1.18. The van der Waals surface area contributed by atoms with E-state index in [2.05, 4.69) is 31.9 Å². The van der Waals surface area contributed by atoms with Crippen molar-refractivity contribution in [3.05, 3.63) is 32.7 Å². The lowest BCUT2D eigenvalue weighted by molar-refractivity contribution is -0.143. The first kappa shape index (κ1) is 15.5. The third kappa shape index (κ3) is 3.23. The molecule has 1 aromatic carbocycles. The Morgan fingerprint density at radius 3 is 2.65 bits per heavy atom. The van der Waals surface area contributed by atoms with Gasteiger partial charge in [-0.1, -0.05) is 15.9 Å². The Balaban J connectivity index is 2.18. The zero-order valence-corrected chi connectivity index (χ0v) is 14.1. The van der Waals surface area contributed by atoms with E-state index >= 15 is 0 Å². The molecule has 2 atom stereocenters. The third-order valence-electron chi connectivity index (χ3n) is 3.65. The second-order valence-corrected chi connectivity index (χ2v) is 6.80. The quantitative estimate of drug-likeness (QED) is 0.820. The number of halogens is 2. The molecule has 0 aliphatic carbocycles. The number of hydrogen-bond acceptors (Lipinski definition) is 2. The monoisotopic (exact) mass is 403 g/mol. The normalized spacial score (nSPS) is 22.6. The number of likely N-dealkylation sites (tertiary alicyclic amines) is 1. The number of carbonyl (C=O) groups is 2. The van der Waals surface area contributed by atoms with Crippen molar-refractivity contribution >= 4 is 43.7 Å². The van der Waals surface area contributed by atoms with Crippen LogP contribution in [0.2, 0.25) is 0 Å². The average Bonchev–Trinajstić information content (AvgIpc) is 2.40. The number of carbonyl (C=O) groups excluding carboxylic acids is 1. The van der Waals surface area contributed by atoms with E-state index in [-0.39, 0.29) is 17.9 Å². The molecule has 20 heavy (non-hydrogen) atoms. The SMILES string of the molecule is CC1CC(C(=O)O)CCN1C(=O)c1cc(Br)ccc1Br. The summed E-state index contributed by atoms with van der Waals surface area (Å²) in [5, 5.41) is 9.06. The molecule has 0 aromatic heterocycles. The van der Waals surface area contributed by atoms with Crippen LogP contribution in [0.25, 0.3) is 0 Å². The van der Waals surface area contributed by atoms with Crippen molar-refractivity contribution in [2.45, 2.75) is 25.8 Å². The van der Waals surface area contributed by atoms with E-state index < -0.39 is 5.97 Å². The molecule has 1 aliphatic heterocycles. The molecule has 1 aliphatic rings. The summed E-state index contributed by atoms with van der Waals surface area (Å²) in [6.07, 6.45) is 1.02. The summed E-state index contributed by atoms with van der Waals surface area (Å²) >= 11 is 6.75. The summed E-state index contributed by atoms with van der Waals surface area (Å²) in [7, 11) is 0. The number of nitrogens with zero attached hydrogens (tertiary/aromatic N) is 1. The minimum absolute atomic E-state index is 0.0606. The van der Waals surface area contributed by atoms with E-state index in [1.807, 2.05) is 19.1 Å². The van der Waals surface area contributed by atoms with E-state index in [1.165, 1.54) is 0 Å². The molecule has 0 saturated carbocycles. The summed E-state index contributed by atoms with van der Waals surface area (Å²) in [6, 6.07) is 5.40. The second-order valence-electron chi connectivity index (χ2n) is 5.03. The summed E-state index contributed by atoms with van der Waals surface area (Å²) in [5.41, 5.74) is 0.597. The Bertz CT molecular complexity index is 547. The lowest BCUT2D eigenvalue weighted by Gasteiger charge is -2.36. The molecular weight excluding hydrogens is 390 g/mol. The molecule has 1 aromatic rings. The maximum absolute atomic E-state index is 12.6. The summed E-state index contributed by atoms with van der Waals surface area (Å²) in [6.45, 7) is 2.38. The zero-order valence-electron chi connectivity index (χ0n) is 11.0. The van der Waals surface area contributed by atoms with Crippen LogP contribution in [-0.4, -0.2) is 34.5 Å². The Labute approximate surface area is 134 Å². The van der Waals surface area contributed by atoms with E-state index in [4.69, 9.17) is 5.11 Å². The minimum Gasteiger partial charge on any atom is -0.481 e. The highest BCUT2D eigenvalue weighted by Gasteiger charge is 2.33. The van der Waals surface area contributed by atoms with Gasteiger partial charge in [0.05, 0.1) is 11.5 Å². The number of hydrogen-bond donors (Lipinski definition) is 1. The van der Waals surface area contributed by atoms with Gasteiger partial charge < -0.3 is 10.0 Å². The van der Waals surface area contributed by atoms with Crippen LogP contribution < -0.4 is 0 Å². The van der Waals surface area contributed by atoms with Gasteiger partial charge in [-0.2, -0.15) is 0 Å². The second kappa shape index (κ2) is 6.26. The van der Waals surface area contributed by atoms with Gasteiger partial charge >= 0.3 is 5.97 Å². The van der Waals surface area contributed by atoms with Crippen LogP contribution in [0.3, 0.4) is 0 Å². The third-order valence-corrected chi connectivity index (χ3v) is 4.83. The lowest BCUT2D eigenvalue weighted by atomic mass is 9.91. The highest BCUT2D eigenvalue weighted by molar-refractivity contribution is 9.11. The van der Waals surface area contributed by atoms with Gasteiger partial charge in [-0.25, -0.2) is 0 Å². The lowest BCUT2D eigenvalue weighted by Crippen LogP contribution is -2.46. The van der Waals surface area contributed by atoms with Crippen LogP contribution in [0, 0.1) is 5.92 Å². The van der Waals surface area contributed by atoms with E-state index in [1.54, 1.807) is 11.0 Å². The first-order valence-corrected chi connectivity index (χ1v) is 7.97. The van der Waals surface area contributed by atoms with Crippen LogP contribution >= 0.6 is 31.9 Å². The standard InChI is InChI=1S/C14H15Br2NO3/c1-8-6-9(14(19)20)4-5-17(8)13(18)11-7-10(15)2-3-12(11)16/h2-3,7-9H,4-6H2,1H3,(H,19,20). The first-order valence-electron chi connectivity index (χ1n) is 6.39. The van der Waals surface area contributed by atoms with Gasteiger partial charge in [-0.15, -0.1) is 0 Å². The number of piperidine rings is 1. The number of benzene rings is 1. The number of carboxylic acid groups (broad SMARTS) is 1. The van der Waals surface area contributed by atoms with Crippen molar-refractivity contribution < 1.29 is 14.7 Å². The molecule has 0 bridgehead atoms. The molecule has 108 valence electrons. The van der Waals surface area contributed by atoms with Crippen molar-refractivity contribution in [3.63, 3.8) is 0 Å². The number of rotatable bonds is 2. The molecule has 0 radical (unpaired) electrons. The van der Waals surface area contributed by atoms with Crippen molar-refractivity contribution in [1.29, 1.82) is 0 Å². The first-order chi connectivity index (χ1) is 9.40. The molecule has 2 unspecified atom stereocenters. The smallest absolute Gasteiger partial charge is 0.306 e. The van der Waals surface area contributed by atoms with Gasteiger partial charge in [0.15, 0.2) is 0 Å². The number of carboxylic acids is 1. The molecule has 1 N–H and O–H groups in total. The predicted molar refractivity (Wildman–Crippen MR) is 82.7 cm³/mol. The maximum atomic E-state index is 12.6. The van der Waals surface area contributed by atoms with Crippen molar-refractivity contribution in [2.75, 3.05) is 6.54 Å². The molecule has 6 heteroatoms. The van der Waals surface area contributed by atoms with E-state index in [9.17, 15) is 9.59 Å². The molecule has 4 nitrogen and oxygen atoms in total. The van der Waals surface area contributed by atoms with Gasteiger partial charge in [0.1, 0.15) is 0 Å². The van der Waals surface area contributed by atoms with E-state index in [0.29, 0.717) is 24.9 Å². The van der Waals surface area contributed by atoms with Crippen LogP contribution in [0.15, 0.2) is 27.1 Å². The highest BCUT2D eigenvalue weighted by Crippen LogP contribution is 2.28. The van der Waals surface area contributed by atoms with Crippen LogP contribution in [0.4, 0.5) is 0 Å². The summed E-state index contributed by atoms with van der Waals surface area (Å²) < 4.78 is 1.59. The van der Waals surface area contributed by atoms with Gasteiger partial charge in [-0.05, 0) is 53.9 Å². The fourth-order valence-electron chi connectivity index (χ4n) is 2.51. The maximum Gasteiger partial charge on any atom is 0.306 e. The molecular formula is C14H15Br2NO3. The molecule has 1 heterocycles. The van der Waals surface area contributed by atoms with Gasteiger partial charge in [0.25, 0.3) is 5.91 Å². The minimum atomic E-state index is -0.771.